The lowest BCUT2D eigenvalue weighted by Gasteiger charge is -2.65. The van der Waals surface area contributed by atoms with Crippen molar-refractivity contribution >= 4 is 29.0 Å². The highest BCUT2D eigenvalue weighted by molar-refractivity contribution is 5.95. The third-order valence-corrected chi connectivity index (χ3v) is 11.9. The molecule has 5 aliphatic rings. The molecule has 42 heavy (non-hydrogen) atoms. The number of nitrogens with one attached hydrogen (secondary N) is 1. The van der Waals surface area contributed by atoms with Gasteiger partial charge < -0.3 is 20.1 Å². The van der Waals surface area contributed by atoms with Crippen LogP contribution in [0.4, 0.5) is 0 Å². The second-order valence-corrected chi connectivity index (χ2v) is 13.6. The Bertz CT molecular complexity index is 1510. The molecule has 0 unspecified atom stereocenters. The van der Waals surface area contributed by atoms with Crippen molar-refractivity contribution in [1.29, 1.82) is 0 Å². The van der Waals surface area contributed by atoms with Crippen LogP contribution >= 0.6 is 0 Å². The van der Waals surface area contributed by atoms with E-state index in [9.17, 15) is 24.9 Å². The van der Waals surface area contributed by atoms with Crippen molar-refractivity contribution in [1.82, 2.24) is 10.4 Å². The number of aliphatic hydroxyl groups excluding tert-OH is 1. The molecule has 0 spiro atoms. The minimum atomic E-state index is -1.20. The molecule has 0 saturated heterocycles. The number of para-hydroxylation sites is 1. The first-order valence-electron chi connectivity index (χ1n) is 15.3. The van der Waals surface area contributed by atoms with Crippen LogP contribution in [-0.4, -0.2) is 62.3 Å². The van der Waals surface area contributed by atoms with Gasteiger partial charge in [0.1, 0.15) is 12.3 Å². The van der Waals surface area contributed by atoms with E-state index in [1.165, 1.54) is 0 Å². The molecule has 2 aromatic rings. The number of hydrazone groups is 1. The molecule has 7 rings (SSSR count). The number of pyridine rings is 1. The maximum atomic E-state index is 13.1. The second-order valence-electron chi connectivity index (χ2n) is 13.6. The summed E-state index contributed by atoms with van der Waals surface area (Å²) in [5.74, 6) is -0.829. The molecule has 9 nitrogen and oxygen atoms in total. The number of nitrogens with zero attached hydrogens (tertiary/aromatic N) is 2. The van der Waals surface area contributed by atoms with Crippen molar-refractivity contribution in [3.05, 3.63) is 53.7 Å². The van der Waals surface area contributed by atoms with E-state index in [-0.39, 0.29) is 35.8 Å². The fraction of sp³-hybridized carbons (Fsp3) is 0.576. The van der Waals surface area contributed by atoms with Gasteiger partial charge in [-0.05, 0) is 86.8 Å². The predicted octanol–water partition coefficient (Wildman–Crippen LogP) is 3.66. The van der Waals surface area contributed by atoms with Crippen molar-refractivity contribution in [2.24, 2.45) is 33.7 Å². The number of amides is 1. The summed E-state index contributed by atoms with van der Waals surface area (Å²) in [6.45, 7) is 2.46. The Kier molecular flexibility index (Phi) is 6.39. The Balaban J connectivity index is 1.19. The average molecular weight is 574 g/mol. The molecule has 1 aliphatic heterocycles. The van der Waals surface area contributed by atoms with E-state index < -0.39 is 34.0 Å². The number of carbonyl (C=O) groups excluding carboxylic acids is 2. The number of aromatic nitrogens is 1. The molecular formula is C33H39N3O6. The van der Waals surface area contributed by atoms with Crippen LogP contribution in [0.2, 0.25) is 0 Å². The Hall–Kier alpha value is -3.14. The van der Waals surface area contributed by atoms with Crippen LogP contribution in [0.3, 0.4) is 0 Å². The van der Waals surface area contributed by atoms with Crippen molar-refractivity contribution < 1.29 is 29.6 Å². The van der Waals surface area contributed by atoms with Crippen molar-refractivity contribution in [2.75, 3.05) is 6.61 Å². The zero-order chi connectivity index (χ0) is 29.3. The Morgan fingerprint density at radius 1 is 1.05 bits per heavy atom. The summed E-state index contributed by atoms with van der Waals surface area (Å²) in [4.78, 5) is 29.4. The van der Waals surface area contributed by atoms with Crippen molar-refractivity contribution in [2.45, 2.75) is 82.0 Å². The minimum absolute atomic E-state index is 0.0715. The molecule has 4 aliphatic carbocycles. The largest absolute Gasteiger partial charge is 0.458 e. The van der Waals surface area contributed by atoms with Crippen LogP contribution in [0.15, 0.2) is 53.1 Å². The molecule has 0 radical (unpaired) electrons. The lowest BCUT2D eigenvalue weighted by Crippen LogP contribution is -2.68. The highest BCUT2D eigenvalue weighted by Gasteiger charge is 2.71. The van der Waals surface area contributed by atoms with Gasteiger partial charge in [0.2, 0.25) is 0 Å². The van der Waals surface area contributed by atoms with Gasteiger partial charge in [0.25, 0.3) is 5.91 Å². The number of fused-ring (bicyclic) bond motifs is 6. The van der Waals surface area contributed by atoms with Gasteiger partial charge in [0.05, 0.1) is 22.8 Å². The minimum Gasteiger partial charge on any atom is -0.458 e. The highest BCUT2D eigenvalue weighted by atomic mass is 16.5. The summed E-state index contributed by atoms with van der Waals surface area (Å²) in [6, 6.07) is 11.1. The molecule has 1 aromatic heterocycles. The quantitative estimate of drug-likeness (QED) is 0.249. The molecule has 9 heteroatoms. The van der Waals surface area contributed by atoms with E-state index in [0.29, 0.717) is 38.7 Å². The summed E-state index contributed by atoms with van der Waals surface area (Å²) in [5, 5.41) is 40.7. The lowest BCUT2D eigenvalue weighted by atomic mass is 9.41. The SMILES string of the molecule is C[C@]12CC[C@H]3[C@@H](CC[C@]4(O)C[C@H](O)CC[C@]34/C=N\NC(=O)c3ccc4ccccc4n3)[C@@]1(O)CC[C@H]2C1=CC(=O)OC1. The third kappa shape index (κ3) is 3.93. The van der Waals surface area contributed by atoms with Crippen molar-refractivity contribution in [3.63, 3.8) is 0 Å². The topological polar surface area (TPSA) is 141 Å². The van der Waals surface area contributed by atoms with Gasteiger partial charge in [-0.1, -0.05) is 31.2 Å². The smallest absolute Gasteiger partial charge is 0.331 e. The fourth-order valence-corrected chi connectivity index (χ4v) is 9.82. The molecule has 1 aromatic carbocycles. The zero-order valence-corrected chi connectivity index (χ0v) is 24.0. The maximum absolute atomic E-state index is 13.1. The van der Waals surface area contributed by atoms with Gasteiger partial charge >= 0.3 is 5.97 Å². The van der Waals surface area contributed by atoms with E-state index in [0.717, 1.165) is 35.7 Å². The molecule has 4 saturated carbocycles. The number of carbonyl (C=O) groups is 2. The first-order chi connectivity index (χ1) is 20.1. The standard InChI is InChI=1S/C33H39N3O6/c1-30-12-9-24-25(33(30,41)15-11-23(30)21-16-28(38)42-18-21)10-14-32(40)17-22(37)8-13-31(24,32)19-34-36-29(39)27-7-6-20-4-2-3-5-26(20)35-27/h2-7,16,19,22-25,37,40-41H,8-15,17-18H2,1H3,(H,36,39)/b34-19-/t22-,23+,24+,25-,30-,31+,32+,33+/m1/s1. The highest BCUT2D eigenvalue weighted by Crippen LogP contribution is 2.70. The number of benzene rings is 1. The number of ether oxygens (including phenoxy) is 1. The molecule has 4 fully saturated rings. The first kappa shape index (κ1) is 27.7. The van der Waals surface area contributed by atoms with Crippen LogP contribution in [0.5, 0.6) is 0 Å². The van der Waals surface area contributed by atoms with Gasteiger partial charge in [0.15, 0.2) is 0 Å². The Morgan fingerprint density at radius 3 is 2.67 bits per heavy atom. The van der Waals surface area contributed by atoms with Crippen LogP contribution in [0.1, 0.15) is 75.2 Å². The molecule has 1 amide bonds. The van der Waals surface area contributed by atoms with E-state index in [4.69, 9.17) is 4.74 Å². The molecule has 8 atom stereocenters. The van der Waals surface area contributed by atoms with Gasteiger partial charge in [-0.25, -0.2) is 15.2 Å². The normalized spacial score (nSPS) is 41.1. The summed E-state index contributed by atoms with van der Waals surface area (Å²) in [5.41, 5.74) is 1.22. The van der Waals surface area contributed by atoms with Crippen LogP contribution in [-0.2, 0) is 9.53 Å². The second kappa shape index (κ2) is 9.69. The number of cyclic esters (lactones) is 1. The van der Waals surface area contributed by atoms with Gasteiger partial charge in [-0.2, -0.15) is 5.10 Å². The maximum Gasteiger partial charge on any atom is 0.331 e. The van der Waals surface area contributed by atoms with Gasteiger partial charge in [-0.15, -0.1) is 0 Å². The van der Waals surface area contributed by atoms with Crippen molar-refractivity contribution in [3.8, 4) is 0 Å². The number of esters is 1. The zero-order valence-electron chi connectivity index (χ0n) is 24.0. The summed E-state index contributed by atoms with van der Waals surface area (Å²) in [7, 11) is 0. The molecule has 222 valence electrons. The number of aliphatic hydroxyl groups is 3. The number of hydrogen-bond donors (Lipinski definition) is 4. The molecule has 4 N–H and O–H groups in total. The third-order valence-electron chi connectivity index (χ3n) is 11.9. The predicted molar refractivity (Wildman–Crippen MR) is 155 cm³/mol. The van der Waals surface area contributed by atoms with Crippen LogP contribution < -0.4 is 5.43 Å². The van der Waals surface area contributed by atoms with E-state index in [1.807, 2.05) is 30.3 Å². The van der Waals surface area contributed by atoms with Crippen LogP contribution in [0.25, 0.3) is 10.9 Å². The fourth-order valence-electron chi connectivity index (χ4n) is 9.82. The lowest BCUT2D eigenvalue weighted by molar-refractivity contribution is -0.237. The molecule has 0 bridgehead atoms. The van der Waals surface area contributed by atoms with Gasteiger partial charge in [-0.3, -0.25) is 4.79 Å². The Labute approximate surface area is 245 Å². The van der Waals surface area contributed by atoms with Gasteiger partial charge in [0, 0.05) is 34.9 Å². The summed E-state index contributed by atoms with van der Waals surface area (Å²) < 4.78 is 5.24. The molecular weight excluding hydrogens is 534 g/mol. The van der Waals surface area contributed by atoms with E-state index in [2.05, 4.69) is 22.4 Å². The Morgan fingerprint density at radius 2 is 1.86 bits per heavy atom. The first-order valence-corrected chi connectivity index (χ1v) is 15.3. The summed E-state index contributed by atoms with van der Waals surface area (Å²) in [6.07, 6.45) is 8.00. The average Bonchev–Trinajstić information content (AvgIpc) is 3.52. The number of rotatable bonds is 4. The molecule has 2 heterocycles. The monoisotopic (exact) mass is 573 g/mol. The van der Waals surface area contributed by atoms with E-state index >= 15 is 0 Å². The summed E-state index contributed by atoms with van der Waals surface area (Å²) >= 11 is 0. The number of hydrogen-bond acceptors (Lipinski definition) is 8. The van der Waals surface area contributed by atoms with E-state index in [1.54, 1.807) is 18.4 Å². The van der Waals surface area contributed by atoms with Crippen LogP contribution in [0, 0.1) is 28.6 Å².